The van der Waals surface area contributed by atoms with Crippen LogP contribution in [0.15, 0.2) is 23.6 Å². The van der Waals surface area contributed by atoms with E-state index in [-0.39, 0.29) is 0 Å². The Morgan fingerprint density at radius 2 is 1.85 bits per heavy atom. The molecule has 3 nitrogen and oxygen atoms in total. The fourth-order valence-electron chi connectivity index (χ4n) is 5.35. The van der Waals surface area contributed by atoms with E-state index in [2.05, 4.69) is 9.97 Å². The Hall–Kier alpha value is -0.610. The molecule has 2 N–H and O–H groups in total. The molecule has 0 amide bonds. The molecule has 4 saturated carbocycles. The molecule has 4 bridgehead atoms. The van der Waals surface area contributed by atoms with Crippen molar-refractivity contribution in [1.29, 1.82) is 0 Å². The van der Waals surface area contributed by atoms with Gasteiger partial charge in [-0.1, -0.05) is 0 Å². The normalized spacial score (nSPS) is 40.0. The zero-order valence-corrected chi connectivity index (χ0v) is 12.7. The van der Waals surface area contributed by atoms with Gasteiger partial charge in [-0.3, -0.25) is 0 Å². The third-order valence-electron chi connectivity index (χ3n) is 5.84. The summed E-state index contributed by atoms with van der Waals surface area (Å²) in [5, 5.41) is 1.06. The molecular formula is C16H23N3S. The predicted octanol–water partition coefficient (Wildman–Crippen LogP) is 3.11. The number of aromatic nitrogens is 2. The molecule has 0 aromatic carbocycles. The number of rotatable bonds is 4. The van der Waals surface area contributed by atoms with Crippen LogP contribution in [-0.2, 0) is 0 Å². The Kier molecular flexibility index (Phi) is 3.26. The van der Waals surface area contributed by atoms with Gasteiger partial charge in [0.2, 0.25) is 0 Å². The maximum atomic E-state index is 6.66. The molecule has 20 heavy (non-hydrogen) atoms. The molecule has 0 saturated heterocycles. The van der Waals surface area contributed by atoms with Crippen LogP contribution < -0.4 is 5.73 Å². The summed E-state index contributed by atoms with van der Waals surface area (Å²) in [6, 6.07) is 2.31. The molecular weight excluding hydrogens is 266 g/mol. The average molecular weight is 289 g/mol. The second-order valence-electron chi connectivity index (χ2n) is 7.25. The summed E-state index contributed by atoms with van der Waals surface area (Å²) in [4.78, 5) is 8.26. The minimum atomic E-state index is 0.330. The van der Waals surface area contributed by atoms with Crippen molar-refractivity contribution in [1.82, 2.24) is 9.97 Å². The molecule has 5 rings (SSSR count). The van der Waals surface area contributed by atoms with Crippen molar-refractivity contribution in [2.45, 2.75) is 49.6 Å². The van der Waals surface area contributed by atoms with Crippen molar-refractivity contribution in [2.24, 2.45) is 28.9 Å². The summed E-state index contributed by atoms with van der Waals surface area (Å²) in [5.41, 5.74) is 7.11. The lowest BCUT2D eigenvalue weighted by atomic mass is 9.48. The van der Waals surface area contributed by atoms with Crippen LogP contribution in [0.4, 0.5) is 0 Å². The van der Waals surface area contributed by atoms with E-state index in [0.717, 1.165) is 28.5 Å². The molecule has 4 aliphatic carbocycles. The molecule has 4 fully saturated rings. The van der Waals surface area contributed by atoms with Gasteiger partial charge in [-0.15, -0.1) is 11.8 Å². The van der Waals surface area contributed by atoms with Crippen molar-refractivity contribution in [3.05, 3.63) is 18.6 Å². The van der Waals surface area contributed by atoms with Crippen LogP contribution in [0, 0.1) is 23.2 Å². The minimum absolute atomic E-state index is 0.330. The predicted molar refractivity (Wildman–Crippen MR) is 81.3 cm³/mol. The highest BCUT2D eigenvalue weighted by atomic mass is 32.2. The van der Waals surface area contributed by atoms with Gasteiger partial charge in [0.25, 0.3) is 0 Å². The molecule has 0 aliphatic heterocycles. The molecule has 0 radical (unpaired) electrons. The molecule has 4 aliphatic rings. The summed E-state index contributed by atoms with van der Waals surface area (Å²) < 4.78 is 0. The lowest BCUT2D eigenvalue weighted by molar-refractivity contribution is -0.0629. The lowest BCUT2D eigenvalue weighted by Gasteiger charge is -2.59. The SMILES string of the molecule is NC(CSc1ccncn1)C12CC3CC(CC(C3)C1)C2. The second kappa shape index (κ2) is 4.99. The summed E-state index contributed by atoms with van der Waals surface area (Å²) in [5.74, 6) is 3.95. The summed E-state index contributed by atoms with van der Waals surface area (Å²) in [6.45, 7) is 0. The average Bonchev–Trinajstić information content (AvgIpc) is 2.44. The van der Waals surface area contributed by atoms with E-state index < -0.39 is 0 Å². The molecule has 1 aromatic heterocycles. The third kappa shape index (κ3) is 2.27. The highest BCUT2D eigenvalue weighted by molar-refractivity contribution is 7.99. The van der Waals surface area contributed by atoms with Gasteiger partial charge in [0.1, 0.15) is 6.33 Å². The molecule has 4 heteroatoms. The van der Waals surface area contributed by atoms with Gasteiger partial charge in [0, 0.05) is 18.0 Å². The molecule has 1 heterocycles. The highest BCUT2D eigenvalue weighted by Crippen LogP contribution is 2.61. The summed E-state index contributed by atoms with van der Waals surface area (Å²) in [7, 11) is 0. The van der Waals surface area contributed by atoms with Crippen LogP contribution in [0.1, 0.15) is 38.5 Å². The van der Waals surface area contributed by atoms with Gasteiger partial charge in [0.05, 0.1) is 5.03 Å². The molecule has 1 aromatic rings. The van der Waals surface area contributed by atoms with Gasteiger partial charge in [-0.2, -0.15) is 0 Å². The van der Waals surface area contributed by atoms with Crippen LogP contribution in [0.2, 0.25) is 0 Å². The smallest absolute Gasteiger partial charge is 0.116 e. The second-order valence-corrected chi connectivity index (χ2v) is 8.29. The standard InChI is InChI=1S/C16H23N3S/c17-14(9-20-15-1-2-18-10-19-15)16-6-11-3-12(7-16)5-13(4-11)8-16/h1-2,10-14H,3-9,17H2. The Balaban J connectivity index is 1.44. The Morgan fingerprint density at radius 3 is 2.40 bits per heavy atom. The summed E-state index contributed by atoms with van der Waals surface area (Å²) in [6.07, 6.45) is 12.1. The Morgan fingerprint density at radius 1 is 1.20 bits per heavy atom. The van der Waals surface area contributed by atoms with Crippen molar-refractivity contribution >= 4 is 11.8 Å². The topological polar surface area (TPSA) is 51.8 Å². The molecule has 1 unspecified atom stereocenters. The fraction of sp³-hybridized carbons (Fsp3) is 0.750. The van der Waals surface area contributed by atoms with Crippen LogP contribution in [0.3, 0.4) is 0 Å². The maximum absolute atomic E-state index is 6.66. The first-order valence-electron chi connectivity index (χ1n) is 7.88. The van der Waals surface area contributed by atoms with Crippen molar-refractivity contribution in [3.8, 4) is 0 Å². The van der Waals surface area contributed by atoms with E-state index in [0.29, 0.717) is 11.5 Å². The van der Waals surface area contributed by atoms with E-state index in [1.165, 1.54) is 38.5 Å². The van der Waals surface area contributed by atoms with Crippen molar-refractivity contribution in [2.75, 3.05) is 5.75 Å². The molecule has 108 valence electrons. The first-order valence-corrected chi connectivity index (χ1v) is 8.86. The monoisotopic (exact) mass is 289 g/mol. The van der Waals surface area contributed by atoms with Gasteiger partial charge in [-0.05, 0) is 67.8 Å². The van der Waals surface area contributed by atoms with Crippen LogP contribution in [0.5, 0.6) is 0 Å². The Labute approximate surface area is 125 Å². The number of hydrogen-bond donors (Lipinski definition) is 1. The van der Waals surface area contributed by atoms with Crippen LogP contribution >= 0.6 is 11.8 Å². The number of thioether (sulfide) groups is 1. The van der Waals surface area contributed by atoms with E-state index in [9.17, 15) is 0 Å². The lowest BCUT2D eigenvalue weighted by Crippen LogP contribution is -2.55. The fourth-order valence-corrected chi connectivity index (χ4v) is 6.33. The zero-order valence-electron chi connectivity index (χ0n) is 11.9. The largest absolute Gasteiger partial charge is 0.326 e. The van der Waals surface area contributed by atoms with E-state index >= 15 is 0 Å². The number of nitrogens with zero attached hydrogens (tertiary/aromatic N) is 2. The molecule has 0 spiro atoms. The van der Waals surface area contributed by atoms with Crippen molar-refractivity contribution < 1.29 is 0 Å². The molecule has 1 atom stereocenters. The van der Waals surface area contributed by atoms with Crippen LogP contribution in [-0.4, -0.2) is 21.8 Å². The van der Waals surface area contributed by atoms with Crippen LogP contribution in [0.25, 0.3) is 0 Å². The van der Waals surface area contributed by atoms with E-state index in [4.69, 9.17) is 5.73 Å². The minimum Gasteiger partial charge on any atom is -0.326 e. The Bertz CT molecular complexity index is 441. The zero-order chi connectivity index (χ0) is 13.6. The first-order chi connectivity index (χ1) is 9.73. The van der Waals surface area contributed by atoms with Crippen molar-refractivity contribution in [3.63, 3.8) is 0 Å². The quantitative estimate of drug-likeness (QED) is 0.683. The van der Waals surface area contributed by atoms with E-state index in [1.807, 2.05) is 12.3 Å². The highest BCUT2D eigenvalue weighted by Gasteiger charge is 2.53. The third-order valence-corrected chi connectivity index (χ3v) is 6.90. The van der Waals surface area contributed by atoms with Gasteiger partial charge >= 0.3 is 0 Å². The first kappa shape index (κ1) is 13.1. The van der Waals surface area contributed by atoms with Gasteiger partial charge < -0.3 is 5.73 Å². The van der Waals surface area contributed by atoms with Gasteiger partial charge in [-0.25, -0.2) is 9.97 Å². The van der Waals surface area contributed by atoms with E-state index in [1.54, 1.807) is 18.1 Å². The number of nitrogens with two attached hydrogens (primary N) is 1. The number of hydrogen-bond acceptors (Lipinski definition) is 4. The maximum Gasteiger partial charge on any atom is 0.116 e. The van der Waals surface area contributed by atoms with Gasteiger partial charge in [0.15, 0.2) is 0 Å². The summed E-state index contributed by atoms with van der Waals surface area (Å²) >= 11 is 1.80.